The fourth-order valence-electron chi connectivity index (χ4n) is 2.82. The van der Waals surface area contributed by atoms with E-state index in [9.17, 15) is 4.79 Å². The summed E-state index contributed by atoms with van der Waals surface area (Å²) < 4.78 is 5.28. The van der Waals surface area contributed by atoms with Gasteiger partial charge in [0.15, 0.2) is 0 Å². The standard InChI is InChI=1S/C17H20N2O2/c1-12-13(7-8-21-12)11-19(2)17(20)9-14-10-18-16-6-4-3-5-15(14)16/h3-8,14,18H,9-11H2,1-2H3. The molecule has 2 heterocycles. The minimum Gasteiger partial charge on any atom is -0.469 e. The topological polar surface area (TPSA) is 45.5 Å². The summed E-state index contributed by atoms with van der Waals surface area (Å²) in [5, 5.41) is 3.36. The van der Waals surface area contributed by atoms with Crippen molar-refractivity contribution >= 4 is 11.6 Å². The molecule has 1 N–H and O–H groups in total. The van der Waals surface area contributed by atoms with E-state index in [0.717, 1.165) is 23.6 Å². The second-order valence-electron chi connectivity index (χ2n) is 5.62. The van der Waals surface area contributed by atoms with Crippen LogP contribution in [0.25, 0.3) is 0 Å². The van der Waals surface area contributed by atoms with Crippen molar-refractivity contribution in [1.82, 2.24) is 4.90 Å². The third kappa shape index (κ3) is 2.79. The van der Waals surface area contributed by atoms with E-state index in [1.165, 1.54) is 5.56 Å². The number of furan rings is 1. The van der Waals surface area contributed by atoms with Gasteiger partial charge >= 0.3 is 0 Å². The third-order valence-corrected chi connectivity index (χ3v) is 4.16. The molecule has 1 unspecified atom stereocenters. The maximum absolute atomic E-state index is 12.4. The first-order valence-electron chi connectivity index (χ1n) is 7.25. The molecular formula is C17H20N2O2. The van der Waals surface area contributed by atoms with Gasteiger partial charge in [-0.2, -0.15) is 0 Å². The maximum atomic E-state index is 12.4. The number of anilines is 1. The van der Waals surface area contributed by atoms with Crippen LogP contribution in [0.5, 0.6) is 0 Å². The monoisotopic (exact) mass is 284 g/mol. The van der Waals surface area contributed by atoms with Gasteiger partial charge in [0.1, 0.15) is 5.76 Å². The number of hydrogen-bond donors (Lipinski definition) is 1. The Labute approximate surface area is 124 Å². The zero-order chi connectivity index (χ0) is 14.8. The number of nitrogens with zero attached hydrogens (tertiary/aromatic N) is 1. The number of fused-ring (bicyclic) bond motifs is 1. The summed E-state index contributed by atoms with van der Waals surface area (Å²) in [6.07, 6.45) is 2.21. The summed E-state index contributed by atoms with van der Waals surface area (Å²) in [7, 11) is 1.85. The number of aryl methyl sites for hydroxylation is 1. The molecule has 4 nitrogen and oxygen atoms in total. The van der Waals surface area contributed by atoms with E-state index in [0.29, 0.717) is 13.0 Å². The van der Waals surface area contributed by atoms with E-state index in [2.05, 4.69) is 17.4 Å². The molecule has 1 aliphatic heterocycles. The molecule has 0 aliphatic carbocycles. The number of nitrogens with one attached hydrogen (secondary N) is 1. The zero-order valence-electron chi connectivity index (χ0n) is 12.4. The quantitative estimate of drug-likeness (QED) is 0.938. The van der Waals surface area contributed by atoms with Crippen LogP contribution in [0.2, 0.25) is 0 Å². The number of rotatable bonds is 4. The Morgan fingerprint density at radius 2 is 2.19 bits per heavy atom. The molecule has 2 aromatic rings. The van der Waals surface area contributed by atoms with Gasteiger partial charge in [0, 0.05) is 43.7 Å². The molecule has 1 aromatic heterocycles. The van der Waals surface area contributed by atoms with E-state index in [1.54, 1.807) is 11.2 Å². The highest BCUT2D eigenvalue weighted by Gasteiger charge is 2.25. The van der Waals surface area contributed by atoms with Crippen LogP contribution in [0.4, 0.5) is 5.69 Å². The second-order valence-corrected chi connectivity index (χ2v) is 5.62. The first kappa shape index (κ1) is 13.7. The van der Waals surface area contributed by atoms with Crippen molar-refractivity contribution in [2.24, 2.45) is 0 Å². The normalized spacial score (nSPS) is 16.4. The fraction of sp³-hybridized carbons (Fsp3) is 0.353. The largest absolute Gasteiger partial charge is 0.469 e. The Balaban J connectivity index is 1.63. The van der Waals surface area contributed by atoms with Gasteiger partial charge in [0.2, 0.25) is 5.91 Å². The Hall–Kier alpha value is -2.23. The van der Waals surface area contributed by atoms with E-state index >= 15 is 0 Å². The van der Waals surface area contributed by atoms with Crippen molar-refractivity contribution in [1.29, 1.82) is 0 Å². The van der Waals surface area contributed by atoms with E-state index in [4.69, 9.17) is 4.42 Å². The van der Waals surface area contributed by atoms with Gasteiger partial charge in [-0.15, -0.1) is 0 Å². The predicted octanol–water partition coefficient (Wildman–Crippen LogP) is 3.15. The molecule has 110 valence electrons. The molecule has 4 heteroatoms. The molecule has 0 spiro atoms. The minimum absolute atomic E-state index is 0.166. The number of para-hydroxylation sites is 1. The molecule has 0 fully saturated rings. The predicted molar refractivity (Wildman–Crippen MR) is 82.2 cm³/mol. The smallest absolute Gasteiger partial charge is 0.223 e. The lowest BCUT2D eigenvalue weighted by molar-refractivity contribution is -0.130. The Morgan fingerprint density at radius 1 is 1.38 bits per heavy atom. The van der Waals surface area contributed by atoms with Gasteiger partial charge in [0.25, 0.3) is 0 Å². The Kier molecular flexibility index (Phi) is 3.69. The van der Waals surface area contributed by atoms with Gasteiger partial charge in [-0.1, -0.05) is 18.2 Å². The van der Waals surface area contributed by atoms with Crippen molar-refractivity contribution < 1.29 is 9.21 Å². The fourth-order valence-corrected chi connectivity index (χ4v) is 2.82. The Bertz CT molecular complexity index is 648. The van der Waals surface area contributed by atoms with Crippen LogP contribution in [0.15, 0.2) is 41.0 Å². The van der Waals surface area contributed by atoms with Crippen LogP contribution >= 0.6 is 0 Å². The molecule has 1 aromatic carbocycles. The van der Waals surface area contributed by atoms with Crippen molar-refractivity contribution in [2.45, 2.75) is 25.8 Å². The van der Waals surface area contributed by atoms with Crippen LogP contribution in [0.3, 0.4) is 0 Å². The SMILES string of the molecule is Cc1occc1CN(C)C(=O)CC1CNc2ccccc21. The summed E-state index contributed by atoms with van der Waals surface area (Å²) in [5.74, 6) is 1.31. The van der Waals surface area contributed by atoms with E-state index in [1.807, 2.05) is 32.2 Å². The average Bonchev–Trinajstić information content (AvgIpc) is 3.07. The maximum Gasteiger partial charge on any atom is 0.223 e. The summed E-state index contributed by atoms with van der Waals surface area (Å²) in [6.45, 7) is 3.36. The van der Waals surface area contributed by atoms with E-state index in [-0.39, 0.29) is 11.8 Å². The highest BCUT2D eigenvalue weighted by Crippen LogP contribution is 2.33. The molecule has 0 saturated heterocycles. The molecule has 21 heavy (non-hydrogen) atoms. The van der Waals surface area contributed by atoms with Gasteiger partial charge in [-0.05, 0) is 24.6 Å². The lowest BCUT2D eigenvalue weighted by Crippen LogP contribution is -2.28. The van der Waals surface area contributed by atoms with Crippen LogP contribution < -0.4 is 5.32 Å². The first-order chi connectivity index (χ1) is 10.1. The van der Waals surface area contributed by atoms with Gasteiger partial charge in [-0.3, -0.25) is 4.79 Å². The second kappa shape index (κ2) is 5.64. The minimum atomic E-state index is 0.166. The molecule has 3 rings (SSSR count). The average molecular weight is 284 g/mol. The van der Waals surface area contributed by atoms with Crippen LogP contribution in [-0.2, 0) is 11.3 Å². The van der Waals surface area contributed by atoms with Gasteiger partial charge in [-0.25, -0.2) is 0 Å². The lowest BCUT2D eigenvalue weighted by Gasteiger charge is -2.19. The van der Waals surface area contributed by atoms with E-state index < -0.39 is 0 Å². The molecule has 1 atom stereocenters. The zero-order valence-corrected chi connectivity index (χ0v) is 12.4. The Morgan fingerprint density at radius 3 is 2.95 bits per heavy atom. The molecule has 0 saturated carbocycles. The summed E-state index contributed by atoms with van der Waals surface area (Å²) in [4.78, 5) is 14.2. The highest BCUT2D eigenvalue weighted by atomic mass is 16.3. The number of carbonyl (C=O) groups excluding carboxylic acids is 1. The summed E-state index contributed by atoms with van der Waals surface area (Å²) in [6, 6.07) is 10.1. The molecule has 1 aliphatic rings. The van der Waals surface area contributed by atoms with Crippen LogP contribution in [0.1, 0.15) is 29.2 Å². The summed E-state index contributed by atoms with van der Waals surface area (Å²) in [5.41, 5.74) is 3.47. The van der Waals surface area contributed by atoms with Crippen molar-refractivity contribution in [3.8, 4) is 0 Å². The van der Waals surface area contributed by atoms with Crippen LogP contribution in [0, 0.1) is 6.92 Å². The molecule has 0 radical (unpaired) electrons. The number of carbonyl (C=O) groups is 1. The molecular weight excluding hydrogens is 264 g/mol. The molecule has 0 bridgehead atoms. The lowest BCUT2D eigenvalue weighted by atomic mass is 9.97. The number of benzene rings is 1. The van der Waals surface area contributed by atoms with Gasteiger partial charge < -0.3 is 14.6 Å². The van der Waals surface area contributed by atoms with Crippen molar-refractivity contribution in [2.75, 3.05) is 18.9 Å². The summed E-state index contributed by atoms with van der Waals surface area (Å²) >= 11 is 0. The first-order valence-corrected chi connectivity index (χ1v) is 7.25. The van der Waals surface area contributed by atoms with Crippen LogP contribution in [-0.4, -0.2) is 24.4 Å². The third-order valence-electron chi connectivity index (χ3n) is 4.16. The number of hydrogen-bond acceptors (Lipinski definition) is 3. The number of amides is 1. The van der Waals surface area contributed by atoms with Crippen molar-refractivity contribution in [3.63, 3.8) is 0 Å². The van der Waals surface area contributed by atoms with Gasteiger partial charge in [0.05, 0.1) is 6.26 Å². The highest BCUT2D eigenvalue weighted by molar-refractivity contribution is 5.78. The molecule has 1 amide bonds. The van der Waals surface area contributed by atoms with Crippen molar-refractivity contribution in [3.05, 3.63) is 53.5 Å².